The van der Waals surface area contributed by atoms with Gasteiger partial charge in [0.25, 0.3) is 0 Å². The van der Waals surface area contributed by atoms with E-state index in [1.807, 2.05) is 26.0 Å². The van der Waals surface area contributed by atoms with E-state index < -0.39 is 0 Å². The molecule has 1 aromatic rings. The average Bonchev–Trinajstić information content (AvgIpc) is 2.41. The molecule has 1 N–H and O–H groups in total. The number of nitrogens with one attached hydrogen (secondary N) is 1. The third-order valence-corrected chi connectivity index (χ3v) is 3.72. The van der Waals surface area contributed by atoms with Crippen molar-refractivity contribution in [3.05, 3.63) is 18.3 Å². The molecule has 1 fully saturated rings. The first kappa shape index (κ1) is 15.1. The highest BCUT2D eigenvalue weighted by molar-refractivity contribution is 5.23. The van der Waals surface area contributed by atoms with E-state index >= 15 is 0 Å². The fraction of sp³-hybridized carbons (Fsp3) is 0.688. The van der Waals surface area contributed by atoms with Gasteiger partial charge in [-0.3, -0.25) is 0 Å². The molecule has 20 heavy (non-hydrogen) atoms. The fourth-order valence-electron chi connectivity index (χ4n) is 2.59. The van der Waals surface area contributed by atoms with Gasteiger partial charge in [-0.2, -0.15) is 0 Å². The summed E-state index contributed by atoms with van der Waals surface area (Å²) < 4.78 is 11.7. The van der Waals surface area contributed by atoms with Gasteiger partial charge in [0.05, 0.1) is 12.3 Å². The highest BCUT2D eigenvalue weighted by Gasteiger charge is 2.28. The van der Waals surface area contributed by atoms with Gasteiger partial charge in [0.15, 0.2) is 0 Å². The van der Waals surface area contributed by atoms with Crippen LogP contribution >= 0.6 is 0 Å². The normalized spacial score (nSPS) is 26.6. The topological polar surface area (TPSA) is 43.4 Å². The summed E-state index contributed by atoms with van der Waals surface area (Å²) in [5.74, 6) is 2.04. The van der Waals surface area contributed by atoms with E-state index in [1.165, 1.54) is 0 Å². The van der Waals surface area contributed by atoms with Gasteiger partial charge in [-0.25, -0.2) is 4.98 Å². The maximum atomic E-state index is 6.08. The van der Waals surface area contributed by atoms with Gasteiger partial charge in [-0.1, -0.05) is 6.92 Å². The van der Waals surface area contributed by atoms with Crippen molar-refractivity contribution in [3.63, 3.8) is 0 Å². The Kier molecular flexibility index (Phi) is 5.24. The van der Waals surface area contributed by atoms with Gasteiger partial charge < -0.3 is 14.8 Å². The number of nitrogens with zero attached hydrogens (tertiary/aromatic N) is 1. The van der Waals surface area contributed by atoms with Crippen molar-refractivity contribution in [3.8, 4) is 11.6 Å². The number of aromatic nitrogens is 1. The monoisotopic (exact) mass is 278 g/mol. The van der Waals surface area contributed by atoms with Crippen LogP contribution in [0.15, 0.2) is 18.3 Å². The van der Waals surface area contributed by atoms with Crippen LogP contribution in [-0.4, -0.2) is 29.8 Å². The highest BCUT2D eigenvalue weighted by Crippen LogP contribution is 2.24. The number of hydrogen-bond donors (Lipinski definition) is 1. The maximum absolute atomic E-state index is 6.08. The molecule has 0 saturated carbocycles. The Labute approximate surface area is 121 Å². The van der Waals surface area contributed by atoms with E-state index in [1.54, 1.807) is 6.20 Å². The molecule has 3 atom stereocenters. The van der Waals surface area contributed by atoms with Crippen LogP contribution in [0, 0.1) is 5.92 Å². The summed E-state index contributed by atoms with van der Waals surface area (Å²) in [7, 11) is 0. The molecular weight excluding hydrogens is 252 g/mol. The maximum Gasteiger partial charge on any atom is 0.213 e. The van der Waals surface area contributed by atoms with Crippen LogP contribution in [0.25, 0.3) is 0 Å². The number of pyridine rings is 1. The van der Waals surface area contributed by atoms with Crippen molar-refractivity contribution >= 4 is 0 Å². The molecule has 0 radical (unpaired) electrons. The van der Waals surface area contributed by atoms with Crippen molar-refractivity contribution < 1.29 is 9.47 Å². The summed E-state index contributed by atoms with van der Waals surface area (Å²) in [6.07, 6.45) is 4.31. The van der Waals surface area contributed by atoms with E-state index in [0.29, 0.717) is 17.8 Å². The average molecular weight is 278 g/mol. The van der Waals surface area contributed by atoms with Crippen molar-refractivity contribution in [1.29, 1.82) is 0 Å². The van der Waals surface area contributed by atoms with E-state index in [0.717, 1.165) is 25.1 Å². The van der Waals surface area contributed by atoms with Crippen molar-refractivity contribution in [2.45, 2.75) is 58.8 Å². The lowest BCUT2D eigenvalue weighted by atomic mass is 9.90. The predicted octanol–water partition coefficient (Wildman–Crippen LogP) is 3.02. The zero-order valence-corrected chi connectivity index (χ0v) is 12.9. The van der Waals surface area contributed by atoms with Crippen LogP contribution in [0.4, 0.5) is 0 Å². The molecule has 4 nitrogen and oxygen atoms in total. The zero-order chi connectivity index (χ0) is 14.5. The quantitative estimate of drug-likeness (QED) is 0.899. The molecule has 4 heteroatoms. The Balaban J connectivity index is 1.97. The van der Waals surface area contributed by atoms with Gasteiger partial charge in [0, 0.05) is 24.6 Å². The molecule has 1 aliphatic heterocycles. The van der Waals surface area contributed by atoms with E-state index in [2.05, 4.69) is 24.1 Å². The molecule has 1 aliphatic rings. The van der Waals surface area contributed by atoms with Crippen LogP contribution in [0.1, 0.15) is 40.5 Å². The molecule has 0 aromatic carbocycles. The van der Waals surface area contributed by atoms with E-state index in [9.17, 15) is 0 Å². The Bertz CT molecular complexity index is 405. The SMILES string of the molecule is CC[C@H]1CN[C@@H](C)C[C@@H]1Oc1ccc(OC(C)C)cn1. The number of rotatable bonds is 5. The summed E-state index contributed by atoms with van der Waals surface area (Å²) in [5.41, 5.74) is 0. The van der Waals surface area contributed by atoms with Crippen molar-refractivity contribution in [2.75, 3.05) is 6.54 Å². The lowest BCUT2D eigenvalue weighted by Gasteiger charge is -2.35. The highest BCUT2D eigenvalue weighted by atomic mass is 16.5. The Morgan fingerprint density at radius 3 is 2.80 bits per heavy atom. The number of piperidine rings is 1. The molecule has 2 rings (SSSR count). The Morgan fingerprint density at radius 2 is 2.20 bits per heavy atom. The second-order valence-corrected chi connectivity index (χ2v) is 5.87. The largest absolute Gasteiger partial charge is 0.489 e. The minimum Gasteiger partial charge on any atom is -0.489 e. The van der Waals surface area contributed by atoms with E-state index in [4.69, 9.17) is 9.47 Å². The van der Waals surface area contributed by atoms with E-state index in [-0.39, 0.29) is 12.2 Å². The molecule has 0 aliphatic carbocycles. The van der Waals surface area contributed by atoms with Gasteiger partial charge in [-0.05, 0) is 39.7 Å². The summed E-state index contributed by atoms with van der Waals surface area (Å²) in [4.78, 5) is 4.35. The molecular formula is C16H26N2O2. The standard InChI is InChI=1S/C16H26N2O2/c1-5-13-9-17-12(4)8-15(13)20-16-7-6-14(10-18-16)19-11(2)3/h6-7,10-13,15,17H,5,8-9H2,1-4H3/t12-,13-,15-/m0/s1. The van der Waals surface area contributed by atoms with Gasteiger partial charge in [0.2, 0.25) is 5.88 Å². The molecule has 112 valence electrons. The van der Waals surface area contributed by atoms with Crippen molar-refractivity contribution in [1.82, 2.24) is 10.3 Å². The molecule has 1 aromatic heterocycles. The minimum atomic E-state index is 0.165. The molecule has 0 bridgehead atoms. The smallest absolute Gasteiger partial charge is 0.213 e. The van der Waals surface area contributed by atoms with Crippen LogP contribution in [0.2, 0.25) is 0 Å². The summed E-state index contributed by atoms with van der Waals surface area (Å²) in [6, 6.07) is 4.33. The zero-order valence-electron chi connectivity index (χ0n) is 12.9. The minimum absolute atomic E-state index is 0.165. The lowest BCUT2D eigenvalue weighted by Crippen LogP contribution is -2.47. The first-order valence-corrected chi connectivity index (χ1v) is 7.61. The summed E-state index contributed by atoms with van der Waals surface area (Å²) in [6.45, 7) is 9.46. The first-order chi connectivity index (χ1) is 9.58. The number of hydrogen-bond acceptors (Lipinski definition) is 4. The second kappa shape index (κ2) is 6.93. The molecule has 0 unspecified atom stereocenters. The summed E-state index contributed by atoms with van der Waals surface area (Å²) in [5, 5.41) is 3.51. The first-order valence-electron chi connectivity index (χ1n) is 7.61. The Hall–Kier alpha value is -1.29. The van der Waals surface area contributed by atoms with Crippen LogP contribution in [-0.2, 0) is 0 Å². The van der Waals surface area contributed by atoms with Gasteiger partial charge in [0.1, 0.15) is 11.9 Å². The molecule has 0 amide bonds. The molecule has 0 spiro atoms. The molecule has 2 heterocycles. The van der Waals surface area contributed by atoms with Crippen LogP contribution < -0.4 is 14.8 Å². The Morgan fingerprint density at radius 1 is 1.40 bits per heavy atom. The van der Waals surface area contributed by atoms with Crippen LogP contribution in [0.5, 0.6) is 11.6 Å². The van der Waals surface area contributed by atoms with Gasteiger partial charge >= 0.3 is 0 Å². The lowest BCUT2D eigenvalue weighted by molar-refractivity contribution is 0.0791. The third kappa shape index (κ3) is 4.10. The number of ether oxygens (including phenoxy) is 2. The fourth-order valence-corrected chi connectivity index (χ4v) is 2.59. The predicted molar refractivity (Wildman–Crippen MR) is 80.3 cm³/mol. The van der Waals surface area contributed by atoms with Gasteiger partial charge in [-0.15, -0.1) is 0 Å². The molecule has 1 saturated heterocycles. The van der Waals surface area contributed by atoms with Crippen LogP contribution in [0.3, 0.4) is 0 Å². The summed E-state index contributed by atoms with van der Waals surface area (Å²) >= 11 is 0. The van der Waals surface area contributed by atoms with Crippen molar-refractivity contribution in [2.24, 2.45) is 5.92 Å². The second-order valence-electron chi connectivity index (χ2n) is 5.87. The third-order valence-electron chi connectivity index (χ3n) is 3.72.